The summed E-state index contributed by atoms with van der Waals surface area (Å²) >= 11 is 0. The minimum atomic E-state index is 0.222. The van der Waals surface area contributed by atoms with Crippen LogP contribution in [0.3, 0.4) is 0 Å². The summed E-state index contributed by atoms with van der Waals surface area (Å²) in [5, 5.41) is 3.54. The zero-order valence-corrected chi connectivity index (χ0v) is 11.8. The Morgan fingerprint density at radius 2 is 2.11 bits per heavy atom. The van der Waals surface area contributed by atoms with E-state index in [-0.39, 0.29) is 5.54 Å². The predicted molar refractivity (Wildman–Crippen MR) is 77.2 cm³/mol. The number of pyridine rings is 1. The fourth-order valence-corrected chi connectivity index (χ4v) is 3.23. The van der Waals surface area contributed by atoms with Crippen LogP contribution in [-0.4, -0.2) is 27.5 Å². The Bertz CT molecular complexity index is 567. The molecule has 1 aliphatic rings. The third-order valence-electron chi connectivity index (χ3n) is 4.50. The largest absolute Gasteiger partial charge is 0.340 e. The van der Waals surface area contributed by atoms with E-state index in [0.717, 1.165) is 23.4 Å². The van der Waals surface area contributed by atoms with Gasteiger partial charge in [-0.15, -0.1) is 0 Å². The Morgan fingerprint density at radius 3 is 2.79 bits per heavy atom. The Morgan fingerprint density at radius 1 is 1.32 bits per heavy atom. The van der Waals surface area contributed by atoms with E-state index in [2.05, 4.69) is 34.2 Å². The molecule has 19 heavy (non-hydrogen) atoms. The molecule has 4 nitrogen and oxygen atoms in total. The number of rotatable bonds is 3. The zero-order valence-electron chi connectivity index (χ0n) is 11.8. The molecule has 0 bridgehead atoms. The van der Waals surface area contributed by atoms with Crippen LogP contribution in [0.4, 0.5) is 0 Å². The molecule has 0 aliphatic heterocycles. The number of imidazole rings is 1. The van der Waals surface area contributed by atoms with Crippen molar-refractivity contribution < 1.29 is 0 Å². The third kappa shape index (κ3) is 2.37. The molecular weight excluding hydrogens is 236 g/mol. The Kier molecular flexibility index (Phi) is 3.27. The first-order valence-electron chi connectivity index (χ1n) is 7.22. The highest BCUT2D eigenvalue weighted by Crippen LogP contribution is 2.30. The van der Waals surface area contributed by atoms with Crippen molar-refractivity contribution in [2.45, 2.75) is 51.0 Å². The molecule has 102 valence electrons. The number of aromatic nitrogens is 3. The first-order valence-corrected chi connectivity index (χ1v) is 7.22. The lowest BCUT2D eigenvalue weighted by Crippen LogP contribution is -2.46. The highest BCUT2D eigenvalue weighted by molar-refractivity contribution is 5.74. The molecule has 0 saturated heterocycles. The van der Waals surface area contributed by atoms with Crippen LogP contribution in [0.2, 0.25) is 0 Å². The summed E-state index contributed by atoms with van der Waals surface area (Å²) in [6, 6.07) is 2.03. The van der Waals surface area contributed by atoms with E-state index < -0.39 is 0 Å². The Labute approximate surface area is 114 Å². The predicted octanol–water partition coefficient (Wildman–Crippen LogP) is 2.73. The molecule has 0 unspecified atom stereocenters. The lowest BCUT2D eigenvalue weighted by atomic mass is 9.79. The fourth-order valence-electron chi connectivity index (χ4n) is 3.23. The number of hydrogen-bond donors (Lipinski definition) is 2. The molecule has 2 heterocycles. The number of hydrogen-bond acceptors (Lipinski definition) is 3. The quantitative estimate of drug-likeness (QED) is 0.890. The fraction of sp³-hybridized carbons (Fsp3) is 0.600. The van der Waals surface area contributed by atoms with Crippen LogP contribution in [0.25, 0.3) is 11.2 Å². The summed E-state index contributed by atoms with van der Waals surface area (Å²) in [6.45, 7) is 2.10. The summed E-state index contributed by atoms with van der Waals surface area (Å²) in [5.74, 6) is 1.06. The van der Waals surface area contributed by atoms with Crippen molar-refractivity contribution in [2.75, 3.05) is 7.05 Å². The van der Waals surface area contributed by atoms with Crippen LogP contribution in [0, 0.1) is 6.92 Å². The van der Waals surface area contributed by atoms with Gasteiger partial charge in [0, 0.05) is 18.2 Å². The van der Waals surface area contributed by atoms with E-state index in [1.165, 1.54) is 37.7 Å². The number of nitrogens with one attached hydrogen (secondary N) is 2. The normalized spacial score (nSPS) is 18.8. The van der Waals surface area contributed by atoms with Crippen LogP contribution in [-0.2, 0) is 6.42 Å². The van der Waals surface area contributed by atoms with Crippen molar-refractivity contribution in [3.05, 3.63) is 23.7 Å². The van der Waals surface area contributed by atoms with Gasteiger partial charge >= 0.3 is 0 Å². The molecule has 0 radical (unpaired) electrons. The van der Waals surface area contributed by atoms with Crippen molar-refractivity contribution in [3.8, 4) is 0 Å². The lowest BCUT2D eigenvalue weighted by Gasteiger charge is -2.36. The van der Waals surface area contributed by atoms with E-state index in [1.807, 2.05) is 12.3 Å². The number of likely N-dealkylation sites (N-methyl/N-ethyl adjacent to an activating group) is 1. The molecule has 3 rings (SSSR count). The monoisotopic (exact) mass is 258 g/mol. The van der Waals surface area contributed by atoms with Crippen LogP contribution >= 0.6 is 0 Å². The van der Waals surface area contributed by atoms with Crippen molar-refractivity contribution in [1.29, 1.82) is 0 Å². The maximum Gasteiger partial charge on any atom is 0.177 e. The van der Waals surface area contributed by atoms with Crippen LogP contribution in [0.5, 0.6) is 0 Å². The van der Waals surface area contributed by atoms with Gasteiger partial charge in [-0.2, -0.15) is 0 Å². The summed E-state index contributed by atoms with van der Waals surface area (Å²) < 4.78 is 0. The highest BCUT2D eigenvalue weighted by atomic mass is 15.0. The summed E-state index contributed by atoms with van der Waals surface area (Å²) in [4.78, 5) is 12.5. The van der Waals surface area contributed by atoms with Crippen molar-refractivity contribution in [2.24, 2.45) is 0 Å². The second-order valence-electron chi connectivity index (χ2n) is 5.78. The van der Waals surface area contributed by atoms with E-state index in [1.54, 1.807) is 0 Å². The van der Waals surface area contributed by atoms with Gasteiger partial charge in [0.2, 0.25) is 0 Å². The molecule has 2 aromatic heterocycles. The SMILES string of the molecule is CNC1(Cc2nc3nccc(C)c3[nH]2)CCCCC1. The number of H-pyrrole nitrogens is 1. The molecule has 1 fully saturated rings. The second-order valence-corrected chi connectivity index (χ2v) is 5.78. The van der Waals surface area contributed by atoms with Gasteiger partial charge in [-0.25, -0.2) is 9.97 Å². The second kappa shape index (κ2) is 4.93. The van der Waals surface area contributed by atoms with Gasteiger partial charge in [0.25, 0.3) is 0 Å². The zero-order chi connectivity index (χ0) is 13.3. The molecular formula is C15H22N4. The molecule has 2 aromatic rings. The molecule has 0 amide bonds. The van der Waals surface area contributed by atoms with Gasteiger partial charge in [-0.05, 0) is 38.4 Å². The number of aryl methyl sites for hydroxylation is 1. The first-order chi connectivity index (χ1) is 9.22. The van der Waals surface area contributed by atoms with Gasteiger partial charge < -0.3 is 10.3 Å². The van der Waals surface area contributed by atoms with E-state index in [0.29, 0.717) is 0 Å². The van der Waals surface area contributed by atoms with Crippen LogP contribution < -0.4 is 5.32 Å². The van der Waals surface area contributed by atoms with Crippen molar-refractivity contribution in [3.63, 3.8) is 0 Å². The standard InChI is InChI=1S/C15H22N4/c1-11-6-9-17-14-13(11)18-12(19-14)10-15(16-2)7-4-3-5-8-15/h6,9,16H,3-5,7-8,10H2,1-2H3,(H,17,18,19). The third-order valence-corrected chi connectivity index (χ3v) is 4.50. The average molecular weight is 258 g/mol. The van der Waals surface area contributed by atoms with Crippen LogP contribution in [0.1, 0.15) is 43.5 Å². The minimum Gasteiger partial charge on any atom is -0.340 e. The van der Waals surface area contributed by atoms with E-state index >= 15 is 0 Å². The molecule has 2 N–H and O–H groups in total. The molecule has 0 aromatic carbocycles. The number of fused-ring (bicyclic) bond motifs is 1. The van der Waals surface area contributed by atoms with Gasteiger partial charge in [-0.3, -0.25) is 0 Å². The topological polar surface area (TPSA) is 53.6 Å². The molecule has 4 heteroatoms. The molecule has 0 spiro atoms. The maximum atomic E-state index is 4.65. The lowest BCUT2D eigenvalue weighted by molar-refractivity contribution is 0.241. The van der Waals surface area contributed by atoms with Crippen molar-refractivity contribution in [1.82, 2.24) is 20.3 Å². The van der Waals surface area contributed by atoms with E-state index in [4.69, 9.17) is 0 Å². The van der Waals surface area contributed by atoms with Gasteiger partial charge in [-0.1, -0.05) is 19.3 Å². The molecule has 1 saturated carbocycles. The van der Waals surface area contributed by atoms with Gasteiger partial charge in [0.05, 0.1) is 5.52 Å². The maximum absolute atomic E-state index is 4.65. The number of aromatic amines is 1. The smallest absolute Gasteiger partial charge is 0.177 e. The van der Waals surface area contributed by atoms with Gasteiger partial charge in [0.15, 0.2) is 5.65 Å². The highest BCUT2D eigenvalue weighted by Gasteiger charge is 2.31. The molecule has 1 aliphatic carbocycles. The summed E-state index contributed by atoms with van der Waals surface area (Å²) in [7, 11) is 2.08. The number of nitrogens with zero attached hydrogens (tertiary/aromatic N) is 2. The van der Waals surface area contributed by atoms with Gasteiger partial charge in [0.1, 0.15) is 5.82 Å². The minimum absolute atomic E-state index is 0.222. The molecule has 0 atom stereocenters. The summed E-state index contributed by atoms with van der Waals surface area (Å²) in [5.41, 5.74) is 3.36. The van der Waals surface area contributed by atoms with Crippen LogP contribution in [0.15, 0.2) is 12.3 Å². The average Bonchev–Trinajstić information content (AvgIpc) is 2.83. The summed E-state index contributed by atoms with van der Waals surface area (Å²) in [6.07, 6.45) is 9.29. The Hall–Kier alpha value is -1.42. The van der Waals surface area contributed by atoms with Crippen molar-refractivity contribution >= 4 is 11.2 Å². The van der Waals surface area contributed by atoms with E-state index in [9.17, 15) is 0 Å². The first kappa shape index (κ1) is 12.6. The Balaban J connectivity index is 1.89.